The van der Waals surface area contributed by atoms with Gasteiger partial charge in [0.2, 0.25) is 0 Å². The number of thiazole rings is 1. The Morgan fingerprint density at radius 3 is 2.91 bits per heavy atom. The van der Waals surface area contributed by atoms with E-state index in [1.807, 2.05) is 0 Å². The lowest BCUT2D eigenvalue weighted by Crippen LogP contribution is -2.42. The lowest BCUT2D eigenvalue weighted by Gasteiger charge is -2.23. The summed E-state index contributed by atoms with van der Waals surface area (Å²) in [5.41, 5.74) is 1.03. The minimum Gasteiger partial charge on any atom is -0.348 e. The summed E-state index contributed by atoms with van der Waals surface area (Å²) in [5, 5.41) is 8.77. The van der Waals surface area contributed by atoms with Crippen molar-refractivity contribution < 1.29 is 9.18 Å². The van der Waals surface area contributed by atoms with E-state index in [9.17, 15) is 9.18 Å². The summed E-state index contributed by atoms with van der Waals surface area (Å²) in [6.45, 7) is 1.86. The van der Waals surface area contributed by atoms with Crippen LogP contribution < -0.4 is 10.6 Å². The van der Waals surface area contributed by atoms with Crippen molar-refractivity contribution in [2.75, 3.05) is 13.1 Å². The Morgan fingerprint density at radius 1 is 1.36 bits per heavy atom. The Morgan fingerprint density at radius 2 is 2.14 bits per heavy atom. The van der Waals surface area contributed by atoms with E-state index in [-0.39, 0.29) is 17.8 Å². The number of nitrogens with one attached hydrogen (secondary N) is 2. The molecule has 22 heavy (non-hydrogen) atoms. The van der Waals surface area contributed by atoms with Crippen molar-refractivity contribution >= 4 is 17.2 Å². The van der Waals surface area contributed by atoms with Crippen molar-refractivity contribution in [2.24, 2.45) is 0 Å². The summed E-state index contributed by atoms with van der Waals surface area (Å²) in [6.07, 6.45) is 2.30. The Kier molecular flexibility index (Phi) is 4.80. The quantitative estimate of drug-likeness (QED) is 0.909. The van der Waals surface area contributed by atoms with Gasteiger partial charge >= 0.3 is 0 Å². The summed E-state index contributed by atoms with van der Waals surface area (Å²) in [7, 11) is 0. The number of nitrogens with zero attached hydrogens (tertiary/aromatic N) is 1. The number of halogens is 1. The molecule has 2 heterocycles. The molecule has 0 spiro atoms. The zero-order valence-electron chi connectivity index (χ0n) is 12.1. The van der Waals surface area contributed by atoms with Crippen LogP contribution in [0.3, 0.4) is 0 Å². The van der Waals surface area contributed by atoms with E-state index in [4.69, 9.17) is 0 Å². The van der Waals surface area contributed by atoms with Crippen LogP contribution in [0.5, 0.6) is 0 Å². The van der Waals surface area contributed by atoms with Crippen molar-refractivity contribution in [3.63, 3.8) is 0 Å². The van der Waals surface area contributed by atoms with Gasteiger partial charge in [-0.2, -0.15) is 0 Å². The second-order valence-electron chi connectivity index (χ2n) is 5.39. The molecule has 0 bridgehead atoms. The molecular formula is C16H18FN3OS. The normalized spacial score (nSPS) is 15.7. The molecule has 2 aromatic rings. The molecule has 1 amide bonds. The average molecular weight is 319 g/mol. The maximum Gasteiger partial charge on any atom is 0.270 e. The standard InChI is InChI=1S/C16H18FN3OS/c17-13-4-2-1-3-11(13)9-15-20-14(10-22-15)16(21)19-12-5-7-18-8-6-12/h1-4,10,12,18H,5-9H2,(H,19,21). The van der Waals surface area contributed by atoms with Crippen molar-refractivity contribution in [3.05, 3.63) is 51.7 Å². The molecular weight excluding hydrogens is 301 g/mol. The third-order valence-electron chi connectivity index (χ3n) is 3.76. The van der Waals surface area contributed by atoms with Crippen LogP contribution in [0.2, 0.25) is 0 Å². The van der Waals surface area contributed by atoms with E-state index in [0.29, 0.717) is 17.7 Å². The predicted octanol–water partition coefficient (Wildman–Crippen LogP) is 2.35. The molecule has 1 fully saturated rings. The van der Waals surface area contributed by atoms with Crippen LogP contribution in [0.15, 0.2) is 29.6 Å². The highest BCUT2D eigenvalue weighted by Crippen LogP contribution is 2.17. The topological polar surface area (TPSA) is 54.0 Å². The van der Waals surface area contributed by atoms with E-state index < -0.39 is 0 Å². The van der Waals surface area contributed by atoms with Gasteiger partial charge in [0.15, 0.2) is 0 Å². The minimum absolute atomic E-state index is 0.136. The fourth-order valence-electron chi connectivity index (χ4n) is 2.53. The number of aromatic nitrogens is 1. The maximum atomic E-state index is 13.6. The van der Waals surface area contributed by atoms with Crippen molar-refractivity contribution in [1.82, 2.24) is 15.6 Å². The summed E-state index contributed by atoms with van der Waals surface area (Å²) < 4.78 is 13.6. The molecule has 1 saturated heterocycles. The second-order valence-corrected chi connectivity index (χ2v) is 6.34. The molecule has 0 aliphatic carbocycles. The van der Waals surface area contributed by atoms with Crippen LogP contribution in [-0.2, 0) is 6.42 Å². The van der Waals surface area contributed by atoms with Crippen molar-refractivity contribution in [2.45, 2.75) is 25.3 Å². The van der Waals surface area contributed by atoms with Crippen LogP contribution in [0, 0.1) is 5.82 Å². The maximum absolute atomic E-state index is 13.6. The van der Waals surface area contributed by atoms with E-state index in [1.54, 1.807) is 23.6 Å². The van der Waals surface area contributed by atoms with Crippen LogP contribution >= 0.6 is 11.3 Å². The third kappa shape index (κ3) is 3.69. The van der Waals surface area contributed by atoms with Gasteiger partial charge in [0.25, 0.3) is 5.91 Å². The molecule has 2 N–H and O–H groups in total. The van der Waals surface area contributed by atoms with E-state index >= 15 is 0 Å². The first-order chi connectivity index (χ1) is 10.7. The van der Waals surface area contributed by atoms with Gasteiger partial charge in [-0.3, -0.25) is 4.79 Å². The lowest BCUT2D eigenvalue weighted by molar-refractivity contribution is 0.0925. The van der Waals surface area contributed by atoms with Gasteiger partial charge in [-0.1, -0.05) is 18.2 Å². The first kappa shape index (κ1) is 15.1. The van der Waals surface area contributed by atoms with Crippen molar-refractivity contribution in [1.29, 1.82) is 0 Å². The summed E-state index contributed by atoms with van der Waals surface area (Å²) in [6, 6.07) is 6.86. The fraction of sp³-hybridized carbons (Fsp3) is 0.375. The smallest absolute Gasteiger partial charge is 0.270 e. The third-order valence-corrected chi connectivity index (χ3v) is 4.61. The predicted molar refractivity (Wildman–Crippen MR) is 84.7 cm³/mol. The lowest BCUT2D eigenvalue weighted by atomic mass is 10.1. The Labute approximate surface area is 132 Å². The molecule has 1 aliphatic heterocycles. The Hall–Kier alpha value is -1.79. The van der Waals surface area contributed by atoms with Crippen LogP contribution in [0.25, 0.3) is 0 Å². The van der Waals surface area contributed by atoms with Crippen LogP contribution in [-0.4, -0.2) is 30.0 Å². The number of hydrogen-bond acceptors (Lipinski definition) is 4. The summed E-state index contributed by atoms with van der Waals surface area (Å²) >= 11 is 1.39. The molecule has 116 valence electrons. The van der Waals surface area contributed by atoms with Gasteiger partial charge in [-0.15, -0.1) is 11.3 Å². The van der Waals surface area contributed by atoms with E-state index in [2.05, 4.69) is 15.6 Å². The van der Waals surface area contributed by atoms with E-state index in [0.717, 1.165) is 30.9 Å². The first-order valence-corrected chi connectivity index (χ1v) is 8.30. The molecule has 6 heteroatoms. The van der Waals surface area contributed by atoms with E-state index in [1.165, 1.54) is 17.4 Å². The van der Waals surface area contributed by atoms with Gasteiger partial charge in [0.1, 0.15) is 11.5 Å². The van der Waals surface area contributed by atoms with Gasteiger partial charge in [0, 0.05) is 17.8 Å². The molecule has 4 nitrogen and oxygen atoms in total. The Bertz CT molecular complexity index is 652. The average Bonchev–Trinajstić information content (AvgIpc) is 2.99. The first-order valence-electron chi connectivity index (χ1n) is 7.42. The number of hydrogen-bond donors (Lipinski definition) is 2. The highest BCUT2D eigenvalue weighted by atomic mass is 32.1. The minimum atomic E-state index is -0.238. The second kappa shape index (κ2) is 6.98. The van der Waals surface area contributed by atoms with Gasteiger partial charge < -0.3 is 10.6 Å². The molecule has 0 unspecified atom stereocenters. The molecule has 1 aliphatic rings. The number of carbonyl (C=O) groups excluding carboxylic acids is 1. The molecule has 1 aromatic heterocycles. The zero-order valence-corrected chi connectivity index (χ0v) is 13.0. The van der Waals surface area contributed by atoms with Gasteiger partial charge in [-0.25, -0.2) is 9.37 Å². The summed E-state index contributed by atoms with van der Waals surface area (Å²) in [4.78, 5) is 16.5. The number of carbonyl (C=O) groups is 1. The zero-order chi connectivity index (χ0) is 15.4. The van der Waals surface area contributed by atoms with Crippen LogP contribution in [0.4, 0.5) is 4.39 Å². The molecule has 0 saturated carbocycles. The number of rotatable bonds is 4. The molecule has 1 aromatic carbocycles. The number of amides is 1. The SMILES string of the molecule is O=C(NC1CCNCC1)c1csc(Cc2ccccc2F)n1. The van der Waals surface area contributed by atoms with Crippen LogP contribution in [0.1, 0.15) is 33.9 Å². The largest absolute Gasteiger partial charge is 0.348 e. The Balaban J connectivity index is 1.63. The molecule has 3 rings (SSSR count). The highest BCUT2D eigenvalue weighted by molar-refractivity contribution is 7.09. The van der Waals surface area contributed by atoms with Gasteiger partial charge in [0.05, 0.1) is 5.01 Å². The molecule has 0 radical (unpaired) electrons. The van der Waals surface area contributed by atoms with Gasteiger partial charge in [-0.05, 0) is 37.6 Å². The monoisotopic (exact) mass is 319 g/mol. The van der Waals surface area contributed by atoms with Crippen molar-refractivity contribution in [3.8, 4) is 0 Å². The number of benzene rings is 1. The highest BCUT2D eigenvalue weighted by Gasteiger charge is 2.18. The fourth-order valence-corrected chi connectivity index (χ4v) is 3.32. The number of piperidine rings is 1. The molecule has 0 atom stereocenters. The summed E-state index contributed by atoms with van der Waals surface area (Å²) in [5.74, 6) is -0.374.